The molecular weight excluding hydrogens is 190 g/mol. The second-order valence-corrected chi connectivity index (χ2v) is 3.31. The van der Waals surface area contributed by atoms with E-state index in [9.17, 15) is 4.79 Å². The molecule has 0 fully saturated rings. The van der Waals surface area contributed by atoms with Crippen molar-refractivity contribution < 1.29 is 9.90 Å². The summed E-state index contributed by atoms with van der Waals surface area (Å²) in [5, 5.41) is 8.51. The lowest BCUT2D eigenvalue weighted by atomic mass is 10.0. The van der Waals surface area contributed by atoms with Gasteiger partial charge in [0.25, 0.3) is 0 Å². The fourth-order valence-electron chi connectivity index (χ4n) is 1.27. The van der Waals surface area contributed by atoms with E-state index in [-0.39, 0.29) is 12.5 Å². The van der Waals surface area contributed by atoms with Crippen molar-refractivity contribution in [3.63, 3.8) is 0 Å². The molecule has 0 heterocycles. The third kappa shape index (κ3) is 3.45. The van der Waals surface area contributed by atoms with E-state index >= 15 is 0 Å². The molecule has 15 heavy (non-hydrogen) atoms. The maximum atomic E-state index is 10.4. The van der Waals surface area contributed by atoms with Gasteiger partial charge in [-0.1, -0.05) is 18.1 Å². The summed E-state index contributed by atoms with van der Waals surface area (Å²) in [7, 11) is 0. The third-order valence-electron chi connectivity index (χ3n) is 2.17. The average molecular weight is 203 g/mol. The highest BCUT2D eigenvalue weighted by atomic mass is 16.4. The lowest BCUT2D eigenvalue weighted by Gasteiger charge is -2.10. The molecule has 3 N–H and O–H groups in total. The molecule has 0 spiro atoms. The maximum Gasteiger partial charge on any atom is 0.303 e. The zero-order valence-electron chi connectivity index (χ0n) is 8.31. The monoisotopic (exact) mass is 203 g/mol. The molecule has 0 saturated heterocycles. The molecule has 1 aromatic carbocycles. The summed E-state index contributed by atoms with van der Waals surface area (Å²) in [5.74, 6) is 1.68. The van der Waals surface area contributed by atoms with Crippen molar-refractivity contribution in [1.82, 2.24) is 0 Å². The first-order chi connectivity index (χ1) is 7.13. The number of hydrogen-bond acceptors (Lipinski definition) is 2. The molecule has 0 aromatic heterocycles. The first-order valence-corrected chi connectivity index (χ1v) is 4.67. The Labute approximate surface area is 88.9 Å². The Balaban J connectivity index is 2.62. The van der Waals surface area contributed by atoms with Crippen LogP contribution in [0, 0.1) is 12.3 Å². The number of aliphatic carboxylic acids is 1. The van der Waals surface area contributed by atoms with Crippen molar-refractivity contribution >= 4 is 5.97 Å². The van der Waals surface area contributed by atoms with Gasteiger partial charge < -0.3 is 10.8 Å². The quantitative estimate of drug-likeness (QED) is 0.729. The topological polar surface area (TPSA) is 63.3 Å². The SMILES string of the molecule is C#Cc1ccc(C(N)CCC(=O)O)cc1. The van der Waals surface area contributed by atoms with Crippen LogP contribution in [0.4, 0.5) is 0 Å². The van der Waals surface area contributed by atoms with Crippen molar-refractivity contribution in [2.45, 2.75) is 18.9 Å². The van der Waals surface area contributed by atoms with E-state index in [1.807, 2.05) is 12.1 Å². The van der Waals surface area contributed by atoms with E-state index in [1.54, 1.807) is 12.1 Å². The van der Waals surface area contributed by atoms with E-state index in [0.29, 0.717) is 6.42 Å². The number of carboxylic acids is 1. The first kappa shape index (κ1) is 11.3. The van der Waals surface area contributed by atoms with Gasteiger partial charge in [-0.2, -0.15) is 0 Å². The van der Waals surface area contributed by atoms with Crippen LogP contribution in [0.5, 0.6) is 0 Å². The van der Waals surface area contributed by atoms with Gasteiger partial charge in [0.1, 0.15) is 0 Å². The van der Waals surface area contributed by atoms with Gasteiger partial charge in [0, 0.05) is 18.0 Å². The standard InChI is InChI=1S/C12H13NO2/c1-2-9-3-5-10(6-4-9)11(13)7-8-12(14)15/h1,3-6,11H,7-8,13H2,(H,14,15). The number of nitrogens with two attached hydrogens (primary N) is 1. The molecular formula is C12H13NO2. The molecule has 3 nitrogen and oxygen atoms in total. The van der Waals surface area contributed by atoms with E-state index in [4.69, 9.17) is 17.3 Å². The van der Waals surface area contributed by atoms with Crippen LogP contribution in [-0.4, -0.2) is 11.1 Å². The second-order valence-electron chi connectivity index (χ2n) is 3.31. The van der Waals surface area contributed by atoms with Crippen LogP contribution >= 0.6 is 0 Å². The largest absolute Gasteiger partial charge is 0.481 e. The van der Waals surface area contributed by atoms with Crippen molar-refractivity contribution in [2.24, 2.45) is 5.73 Å². The fourth-order valence-corrected chi connectivity index (χ4v) is 1.27. The fraction of sp³-hybridized carbons (Fsp3) is 0.250. The van der Waals surface area contributed by atoms with E-state index in [0.717, 1.165) is 11.1 Å². The van der Waals surface area contributed by atoms with Crippen molar-refractivity contribution in [2.75, 3.05) is 0 Å². The number of carbonyl (C=O) groups is 1. The van der Waals surface area contributed by atoms with Gasteiger partial charge in [-0.25, -0.2) is 0 Å². The van der Waals surface area contributed by atoms with E-state index in [2.05, 4.69) is 5.92 Å². The lowest BCUT2D eigenvalue weighted by molar-refractivity contribution is -0.137. The highest BCUT2D eigenvalue weighted by Crippen LogP contribution is 2.16. The molecule has 0 aliphatic carbocycles. The highest BCUT2D eigenvalue weighted by molar-refractivity contribution is 5.66. The Morgan fingerprint density at radius 3 is 2.53 bits per heavy atom. The smallest absolute Gasteiger partial charge is 0.303 e. The molecule has 0 radical (unpaired) electrons. The number of rotatable bonds is 4. The van der Waals surface area contributed by atoms with Crippen LogP contribution < -0.4 is 5.73 Å². The van der Waals surface area contributed by atoms with E-state index < -0.39 is 5.97 Å². The van der Waals surface area contributed by atoms with Gasteiger partial charge in [-0.15, -0.1) is 6.42 Å². The minimum absolute atomic E-state index is 0.0814. The van der Waals surface area contributed by atoms with Crippen LogP contribution in [0.3, 0.4) is 0 Å². The van der Waals surface area contributed by atoms with Gasteiger partial charge in [-0.05, 0) is 24.1 Å². The summed E-state index contributed by atoms with van der Waals surface area (Å²) >= 11 is 0. The van der Waals surface area contributed by atoms with Crippen LogP contribution in [0.2, 0.25) is 0 Å². The van der Waals surface area contributed by atoms with Gasteiger partial charge in [0.05, 0.1) is 0 Å². The van der Waals surface area contributed by atoms with Crippen molar-refractivity contribution in [3.8, 4) is 12.3 Å². The zero-order chi connectivity index (χ0) is 11.3. The minimum Gasteiger partial charge on any atom is -0.481 e. The highest BCUT2D eigenvalue weighted by Gasteiger charge is 2.07. The van der Waals surface area contributed by atoms with Gasteiger partial charge >= 0.3 is 5.97 Å². The Morgan fingerprint density at radius 1 is 1.47 bits per heavy atom. The van der Waals surface area contributed by atoms with Gasteiger partial charge in [0.2, 0.25) is 0 Å². The lowest BCUT2D eigenvalue weighted by Crippen LogP contribution is -2.12. The average Bonchev–Trinajstić information content (AvgIpc) is 2.26. The summed E-state index contributed by atoms with van der Waals surface area (Å²) in [6.07, 6.45) is 5.73. The normalized spacial score (nSPS) is 11.7. The summed E-state index contributed by atoms with van der Waals surface area (Å²) in [6.45, 7) is 0. The number of hydrogen-bond donors (Lipinski definition) is 2. The van der Waals surface area contributed by atoms with E-state index in [1.165, 1.54) is 0 Å². The van der Waals surface area contributed by atoms with Gasteiger partial charge in [-0.3, -0.25) is 4.79 Å². The molecule has 3 heteroatoms. The summed E-state index contributed by atoms with van der Waals surface area (Å²) in [4.78, 5) is 10.4. The second kappa shape index (κ2) is 5.18. The summed E-state index contributed by atoms with van der Waals surface area (Å²) < 4.78 is 0. The van der Waals surface area contributed by atoms with Gasteiger partial charge in [0.15, 0.2) is 0 Å². The first-order valence-electron chi connectivity index (χ1n) is 4.67. The molecule has 1 rings (SSSR count). The number of carboxylic acid groups (broad SMARTS) is 1. The molecule has 0 aliphatic heterocycles. The molecule has 1 atom stereocenters. The van der Waals surface area contributed by atoms with Crippen LogP contribution in [0.1, 0.15) is 30.0 Å². The Kier molecular flexibility index (Phi) is 3.90. The number of terminal acetylenes is 1. The molecule has 0 amide bonds. The Hall–Kier alpha value is -1.79. The predicted octanol–water partition coefficient (Wildman–Crippen LogP) is 1.53. The zero-order valence-corrected chi connectivity index (χ0v) is 8.31. The maximum absolute atomic E-state index is 10.4. The van der Waals surface area contributed by atoms with Crippen molar-refractivity contribution in [3.05, 3.63) is 35.4 Å². The molecule has 0 saturated carbocycles. The molecule has 1 unspecified atom stereocenters. The molecule has 0 aliphatic rings. The number of benzene rings is 1. The predicted molar refractivity (Wildman–Crippen MR) is 58.2 cm³/mol. The summed E-state index contributed by atoms with van der Waals surface area (Å²) in [6, 6.07) is 7.03. The summed E-state index contributed by atoms with van der Waals surface area (Å²) in [5.41, 5.74) is 7.53. The Bertz CT molecular complexity index is 376. The van der Waals surface area contributed by atoms with Crippen LogP contribution in [-0.2, 0) is 4.79 Å². The Morgan fingerprint density at radius 2 is 2.07 bits per heavy atom. The third-order valence-corrected chi connectivity index (χ3v) is 2.17. The van der Waals surface area contributed by atoms with Crippen molar-refractivity contribution in [1.29, 1.82) is 0 Å². The van der Waals surface area contributed by atoms with Crippen LogP contribution in [0.25, 0.3) is 0 Å². The molecule has 1 aromatic rings. The molecule has 0 bridgehead atoms. The van der Waals surface area contributed by atoms with Crippen LogP contribution in [0.15, 0.2) is 24.3 Å². The minimum atomic E-state index is -0.828. The molecule has 78 valence electrons.